The van der Waals surface area contributed by atoms with Crippen molar-refractivity contribution in [3.05, 3.63) is 23.8 Å². The van der Waals surface area contributed by atoms with Gasteiger partial charge in [0, 0.05) is 24.5 Å². The first-order valence-electron chi connectivity index (χ1n) is 5.66. The van der Waals surface area contributed by atoms with Gasteiger partial charge in [-0.15, -0.1) is 0 Å². The third-order valence-corrected chi connectivity index (χ3v) is 2.61. The van der Waals surface area contributed by atoms with Crippen molar-refractivity contribution in [3.63, 3.8) is 0 Å². The van der Waals surface area contributed by atoms with E-state index in [1.54, 1.807) is 0 Å². The van der Waals surface area contributed by atoms with Gasteiger partial charge in [-0.2, -0.15) is 13.2 Å². The standard InChI is InChI=1S/C12H17F3N2O/c1-8(4-5-18)7-17-11-3-2-9(16)6-10(11)12(13,14)15/h2-3,6,8,17-18H,4-5,7,16H2,1H3. The zero-order valence-corrected chi connectivity index (χ0v) is 10.1. The summed E-state index contributed by atoms with van der Waals surface area (Å²) < 4.78 is 38.3. The maximum atomic E-state index is 12.8. The Labute approximate surface area is 104 Å². The van der Waals surface area contributed by atoms with Gasteiger partial charge in [0.05, 0.1) is 5.56 Å². The van der Waals surface area contributed by atoms with Crippen molar-refractivity contribution in [2.75, 3.05) is 24.2 Å². The highest BCUT2D eigenvalue weighted by Crippen LogP contribution is 2.36. The van der Waals surface area contributed by atoms with Crippen molar-refractivity contribution in [2.24, 2.45) is 5.92 Å². The molecule has 0 heterocycles. The number of nitrogens with one attached hydrogen (secondary N) is 1. The Bertz CT molecular complexity index is 393. The summed E-state index contributed by atoms with van der Waals surface area (Å²) in [6, 6.07) is 3.66. The van der Waals surface area contributed by atoms with Gasteiger partial charge < -0.3 is 16.2 Å². The van der Waals surface area contributed by atoms with Gasteiger partial charge in [-0.3, -0.25) is 0 Å². The second-order valence-electron chi connectivity index (χ2n) is 4.30. The molecule has 0 saturated carbocycles. The fraction of sp³-hybridized carbons (Fsp3) is 0.500. The Morgan fingerprint density at radius 1 is 1.39 bits per heavy atom. The van der Waals surface area contributed by atoms with E-state index in [1.165, 1.54) is 12.1 Å². The number of nitrogens with two attached hydrogens (primary N) is 1. The molecular weight excluding hydrogens is 245 g/mol. The summed E-state index contributed by atoms with van der Waals surface area (Å²) in [5, 5.41) is 11.5. The van der Waals surface area contributed by atoms with Crippen LogP contribution in [0.2, 0.25) is 0 Å². The van der Waals surface area contributed by atoms with E-state index in [0.717, 1.165) is 6.07 Å². The largest absolute Gasteiger partial charge is 0.418 e. The van der Waals surface area contributed by atoms with Crippen LogP contribution in [0.1, 0.15) is 18.9 Å². The zero-order chi connectivity index (χ0) is 13.8. The third-order valence-electron chi connectivity index (χ3n) is 2.61. The number of benzene rings is 1. The third kappa shape index (κ3) is 4.10. The molecule has 4 N–H and O–H groups in total. The van der Waals surface area contributed by atoms with Crippen molar-refractivity contribution in [1.82, 2.24) is 0 Å². The van der Waals surface area contributed by atoms with E-state index in [2.05, 4.69) is 5.32 Å². The van der Waals surface area contributed by atoms with Gasteiger partial charge in [0.1, 0.15) is 0 Å². The van der Waals surface area contributed by atoms with Gasteiger partial charge in [-0.25, -0.2) is 0 Å². The summed E-state index contributed by atoms with van der Waals surface area (Å²) in [6.07, 6.45) is -3.89. The average Bonchev–Trinajstić information content (AvgIpc) is 2.26. The minimum atomic E-state index is -4.43. The highest BCUT2D eigenvalue weighted by atomic mass is 19.4. The smallest absolute Gasteiger partial charge is 0.399 e. The molecule has 1 aromatic rings. The van der Waals surface area contributed by atoms with Crippen molar-refractivity contribution >= 4 is 11.4 Å². The van der Waals surface area contributed by atoms with Gasteiger partial charge in [0.15, 0.2) is 0 Å². The van der Waals surface area contributed by atoms with Crippen LogP contribution >= 0.6 is 0 Å². The molecule has 0 aliphatic rings. The quantitative estimate of drug-likeness (QED) is 0.715. The maximum Gasteiger partial charge on any atom is 0.418 e. The van der Waals surface area contributed by atoms with Gasteiger partial charge in [0.2, 0.25) is 0 Å². The number of hydrogen-bond donors (Lipinski definition) is 3. The van der Waals surface area contributed by atoms with Crippen LogP contribution in [-0.2, 0) is 6.18 Å². The highest BCUT2D eigenvalue weighted by molar-refractivity contribution is 5.59. The Hall–Kier alpha value is -1.43. The molecule has 18 heavy (non-hydrogen) atoms. The first-order valence-corrected chi connectivity index (χ1v) is 5.66. The van der Waals surface area contributed by atoms with Crippen LogP contribution in [0.15, 0.2) is 18.2 Å². The molecule has 6 heteroatoms. The summed E-state index contributed by atoms with van der Waals surface area (Å²) >= 11 is 0. The summed E-state index contributed by atoms with van der Waals surface area (Å²) in [5.74, 6) is 0.0913. The van der Waals surface area contributed by atoms with Crippen LogP contribution in [0.25, 0.3) is 0 Å². The molecule has 3 nitrogen and oxygen atoms in total. The molecule has 1 atom stereocenters. The molecule has 0 bridgehead atoms. The molecule has 1 aromatic carbocycles. The predicted molar refractivity (Wildman–Crippen MR) is 65.2 cm³/mol. The second kappa shape index (κ2) is 5.95. The number of aliphatic hydroxyl groups is 1. The van der Waals surface area contributed by atoms with Crippen LogP contribution < -0.4 is 11.1 Å². The molecule has 102 valence electrons. The lowest BCUT2D eigenvalue weighted by Gasteiger charge is -2.17. The summed E-state index contributed by atoms with van der Waals surface area (Å²) in [5.41, 5.74) is 4.70. The van der Waals surface area contributed by atoms with Crippen molar-refractivity contribution in [1.29, 1.82) is 0 Å². The van der Waals surface area contributed by atoms with E-state index in [4.69, 9.17) is 10.8 Å². The van der Waals surface area contributed by atoms with Crippen LogP contribution in [0.4, 0.5) is 24.5 Å². The Balaban J connectivity index is 2.82. The molecule has 1 unspecified atom stereocenters. The predicted octanol–water partition coefficient (Wildman–Crippen LogP) is 2.72. The maximum absolute atomic E-state index is 12.8. The van der Waals surface area contributed by atoms with E-state index in [9.17, 15) is 13.2 Å². The number of hydrogen-bond acceptors (Lipinski definition) is 3. The van der Waals surface area contributed by atoms with Crippen molar-refractivity contribution in [2.45, 2.75) is 19.5 Å². The number of anilines is 2. The summed E-state index contributed by atoms with van der Waals surface area (Å²) in [6.45, 7) is 2.25. The van der Waals surface area contributed by atoms with Crippen molar-refractivity contribution < 1.29 is 18.3 Å². The molecule has 0 radical (unpaired) electrons. The second-order valence-corrected chi connectivity index (χ2v) is 4.30. The molecule has 1 rings (SSSR count). The van der Waals surface area contributed by atoms with Crippen LogP contribution in [-0.4, -0.2) is 18.3 Å². The average molecular weight is 262 g/mol. The lowest BCUT2D eigenvalue weighted by molar-refractivity contribution is -0.136. The van der Waals surface area contributed by atoms with E-state index in [0.29, 0.717) is 13.0 Å². The number of rotatable bonds is 5. The molecule has 0 aliphatic heterocycles. The number of aliphatic hydroxyl groups excluding tert-OH is 1. The van der Waals surface area contributed by atoms with E-state index >= 15 is 0 Å². The van der Waals surface area contributed by atoms with E-state index < -0.39 is 11.7 Å². The molecule has 0 saturated heterocycles. The minimum Gasteiger partial charge on any atom is -0.399 e. The van der Waals surface area contributed by atoms with E-state index in [-0.39, 0.29) is 23.9 Å². The minimum absolute atomic E-state index is 0.0153. The van der Waals surface area contributed by atoms with Gasteiger partial charge in [-0.05, 0) is 30.5 Å². The topological polar surface area (TPSA) is 58.3 Å². The highest BCUT2D eigenvalue weighted by Gasteiger charge is 2.33. The zero-order valence-electron chi connectivity index (χ0n) is 10.1. The number of alkyl halides is 3. The molecule has 0 amide bonds. The van der Waals surface area contributed by atoms with Crippen LogP contribution in [0, 0.1) is 5.92 Å². The fourth-order valence-corrected chi connectivity index (χ4v) is 1.56. The van der Waals surface area contributed by atoms with Gasteiger partial charge in [-0.1, -0.05) is 6.92 Å². The van der Waals surface area contributed by atoms with Gasteiger partial charge in [0.25, 0.3) is 0 Å². The normalized spacial score (nSPS) is 13.4. The summed E-state index contributed by atoms with van der Waals surface area (Å²) in [7, 11) is 0. The molecular formula is C12H17F3N2O. The first kappa shape index (κ1) is 14.6. The first-order chi connectivity index (χ1) is 8.34. The lowest BCUT2D eigenvalue weighted by Crippen LogP contribution is -2.16. The van der Waals surface area contributed by atoms with Crippen LogP contribution in [0.5, 0.6) is 0 Å². The van der Waals surface area contributed by atoms with Gasteiger partial charge >= 0.3 is 6.18 Å². The number of nitrogen functional groups attached to an aromatic ring is 1. The molecule has 0 aromatic heterocycles. The lowest BCUT2D eigenvalue weighted by atomic mass is 10.1. The Kier molecular flexibility index (Phi) is 4.84. The fourth-order valence-electron chi connectivity index (χ4n) is 1.56. The van der Waals surface area contributed by atoms with E-state index in [1.807, 2.05) is 6.92 Å². The summed E-state index contributed by atoms with van der Waals surface area (Å²) in [4.78, 5) is 0. The van der Waals surface area contributed by atoms with Crippen LogP contribution in [0.3, 0.4) is 0 Å². The monoisotopic (exact) mass is 262 g/mol. The Morgan fingerprint density at radius 2 is 2.06 bits per heavy atom. The number of halogens is 3. The SMILES string of the molecule is CC(CCO)CNc1ccc(N)cc1C(F)(F)F. The molecule has 0 fully saturated rings. The molecule has 0 spiro atoms. The Morgan fingerprint density at radius 3 is 2.61 bits per heavy atom. The molecule has 0 aliphatic carbocycles. The van der Waals surface area contributed by atoms with Crippen molar-refractivity contribution in [3.8, 4) is 0 Å².